The van der Waals surface area contributed by atoms with Gasteiger partial charge in [0, 0.05) is 25.4 Å². The van der Waals surface area contributed by atoms with E-state index in [4.69, 9.17) is 0 Å². The SMILES string of the molecule is CN(C)CC(C)(C)CNCCSC(F)(F)F. The number of alkyl halides is 3. The lowest BCUT2D eigenvalue weighted by Crippen LogP contribution is -2.38. The number of thioether (sulfide) groups is 1. The molecule has 98 valence electrons. The highest BCUT2D eigenvalue weighted by Crippen LogP contribution is 2.29. The van der Waals surface area contributed by atoms with Gasteiger partial charge in [0.2, 0.25) is 0 Å². The Kier molecular flexibility index (Phi) is 6.74. The monoisotopic (exact) mass is 258 g/mol. The van der Waals surface area contributed by atoms with Crippen LogP contribution >= 0.6 is 11.8 Å². The minimum absolute atomic E-state index is 0.0251. The number of nitrogens with zero attached hydrogens (tertiary/aromatic N) is 1. The quantitative estimate of drug-likeness (QED) is 0.706. The van der Waals surface area contributed by atoms with Gasteiger partial charge < -0.3 is 10.2 Å². The number of hydrogen-bond donors (Lipinski definition) is 1. The molecule has 0 aromatic rings. The summed E-state index contributed by atoms with van der Waals surface area (Å²) < 4.78 is 35.5. The van der Waals surface area contributed by atoms with Gasteiger partial charge in [-0.15, -0.1) is 0 Å². The van der Waals surface area contributed by atoms with Gasteiger partial charge in [0.05, 0.1) is 0 Å². The van der Waals surface area contributed by atoms with Crippen molar-refractivity contribution in [2.45, 2.75) is 19.4 Å². The van der Waals surface area contributed by atoms with Crippen LogP contribution in [0.15, 0.2) is 0 Å². The van der Waals surface area contributed by atoms with Crippen LogP contribution in [0.1, 0.15) is 13.8 Å². The zero-order chi connectivity index (χ0) is 12.8. The molecule has 0 bridgehead atoms. The van der Waals surface area contributed by atoms with Crippen molar-refractivity contribution >= 4 is 11.8 Å². The summed E-state index contributed by atoms with van der Waals surface area (Å²) in [5.41, 5.74) is -4.03. The van der Waals surface area contributed by atoms with Crippen molar-refractivity contribution in [2.24, 2.45) is 5.41 Å². The first-order valence-corrected chi connectivity index (χ1v) is 6.17. The van der Waals surface area contributed by atoms with Crippen LogP contribution in [0.2, 0.25) is 0 Å². The van der Waals surface area contributed by atoms with E-state index >= 15 is 0 Å². The summed E-state index contributed by atoms with van der Waals surface area (Å²) in [6.07, 6.45) is 0. The lowest BCUT2D eigenvalue weighted by atomic mass is 9.93. The average Bonchev–Trinajstić information content (AvgIpc) is 1.98. The maximum absolute atomic E-state index is 11.8. The molecule has 0 saturated heterocycles. The van der Waals surface area contributed by atoms with Crippen molar-refractivity contribution < 1.29 is 13.2 Å². The molecule has 0 aliphatic carbocycles. The second-order valence-corrected chi connectivity index (χ2v) is 6.03. The van der Waals surface area contributed by atoms with E-state index in [1.165, 1.54) is 0 Å². The lowest BCUT2D eigenvalue weighted by Gasteiger charge is -2.28. The Morgan fingerprint density at radius 1 is 1.19 bits per heavy atom. The zero-order valence-electron chi connectivity index (χ0n) is 10.3. The Bertz CT molecular complexity index is 193. The minimum atomic E-state index is -4.11. The van der Waals surface area contributed by atoms with Crippen molar-refractivity contribution in [2.75, 3.05) is 39.5 Å². The molecule has 1 N–H and O–H groups in total. The molecule has 2 nitrogen and oxygen atoms in total. The molecule has 0 aliphatic heterocycles. The summed E-state index contributed by atoms with van der Waals surface area (Å²) in [4.78, 5) is 2.08. The average molecular weight is 258 g/mol. The first kappa shape index (κ1) is 16.1. The van der Waals surface area contributed by atoms with Crippen LogP contribution in [0.3, 0.4) is 0 Å². The Morgan fingerprint density at radius 3 is 2.19 bits per heavy atom. The molecular formula is C10H21F3N2S. The Balaban J connectivity index is 3.58. The van der Waals surface area contributed by atoms with E-state index < -0.39 is 5.51 Å². The van der Waals surface area contributed by atoms with Crippen molar-refractivity contribution in [3.05, 3.63) is 0 Å². The van der Waals surface area contributed by atoms with Crippen LogP contribution in [0.25, 0.3) is 0 Å². The third-order valence-corrected chi connectivity index (χ3v) is 2.63. The highest BCUT2D eigenvalue weighted by Gasteiger charge is 2.27. The predicted octanol–water partition coefficient (Wildman–Crippen LogP) is 2.42. The second kappa shape index (κ2) is 6.71. The summed E-state index contributed by atoms with van der Waals surface area (Å²) >= 11 is 0.0251. The van der Waals surface area contributed by atoms with Gasteiger partial charge in [-0.3, -0.25) is 0 Å². The van der Waals surface area contributed by atoms with Crippen molar-refractivity contribution in [1.82, 2.24) is 10.2 Å². The van der Waals surface area contributed by atoms with E-state index in [9.17, 15) is 13.2 Å². The first-order chi connectivity index (χ1) is 7.12. The molecule has 0 atom stereocenters. The van der Waals surface area contributed by atoms with Crippen LogP contribution in [0, 0.1) is 5.41 Å². The molecule has 0 aliphatic rings. The van der Waals surface area contributed by atoms with E-state index in [1.807, 2.05) is 14.1 Å². The third-order valence-electron chi connectivity index (χ3n) is 1.89. The van der Waals surface area contributed by atoms with Gasteiger partial charge in [-0.1, -0.05) is 13.8 Å². The molecule has 0 aromatic carbocycles. The fourth-order valence-corrected chi connectivity index (χ4v) is 2.06. The molecule has 0 aromatic heterocycles. The van der Waals surface area contributed by atoms with E-state index in [-0.39, 0.29) is 22.9 Å². The van der Waals surface area contributed by atoms with Gasteiger partial charge in [0.25, 0.3) is 0 Å². The second-order valence-electron chi connectivity index (χ2n) is 4.87. The summed E-state index contributed by atoms with van der Waals surface area (Å²) in [5.74, 6) is 0.0710. The molecule has 0 spiro atoms. The van der Waals surface area contributed by atoms with Gasteiger partial charge in [0.1, 0.15) is 0 Å². The highest BCUT2D eigenvalue weighted by atomic mass is 32.2. The lowest BCUT2D eigenvalue weighted by molar-refractivity contribution is -0.0327. The van der Waals surface area contributed by atoms with E-state index in [0.29, 0.717) is 6.54 Å². The molecule has 0 saturated carbocycles. The summed E-state index contributed by atoms with van der Waals surface area (Å²) in [6.45, 7) is 6.21. The molecule has 6 heteroatoms. The Labute approximate surface area is 100.0 Å². The predicted molar refractivity (Wildman–Crippen MR) is 63.7 cm³/mol. The highest BCUT2D eigenvalue weighted by molar-refractivity contribution is 8.00. The maximum atomic E-state index is 11.8. The molecule has 0 fully saturated rings. The standard InChI is InChI=1S/C10H21F3N2S/c1-9(2,8-15(3)4)7-14-5-6-16-10(11,12)13/h14H,5-8H2,1-4H3. The molecule has 0 radical (unpaired) electrons. The van der Waals surface area contributed by atoms with Gasteiger partial charge >= 0.3 is 5.51 Å². The van der Waals surface area contributed by atoms with E-state index in [2.05, 4.69) is 24.1 Å². The summed E-state index contributed by atoms with van der Waals surface area (Å²) in [5, 5.41) is 3.06. The minimum Gasteiger partial charge on any atom is -0.315 e. The molecule has 16 heavy (non-hydrogen) atoms. The van der Waals surface area contributed by atoms with Crippen LogP contribution in [-0.4, -0.2) is 49.9 Å². The van der Waals surface area contributed by atoms with Crippen LogP contribution in [0.5, 0.6) is 0 Å². The van der Waals surface area contributed by atoms with Crippen LogP contribution < -0.4 is 5.32 Å². The van der Waals surface area contributed by atoms with Crippen LogP contribution in [0.4, 0.5) is 13.2 Å². The summed E-state index contributed by atoms with van der Waals surface area (Å²) in [7, 11) is 3.97. The molecular weight excluding hydrogens is 237 g/mol. The van der Waals surface area contributed by atoms with E-state index in [0.717, 1.165) is 13.1 Å². The molecule has 0 unspecified atom stereocenters. The first-order valence-electron chi connectivity index (χ1n) is 5.18. The maximum Gasteiger partial charge on any atom is 0.441 e. The summed E-state index contributed by atoms with van der Waals surface area (Å²) in [6, 6.07) is 0. The third kappa shape index (κ3) is 10.6. The van der Waals surface area contributed by atoms with Gasteiger partial charge in [-0.2, -0.15) is 13.2 Å². The fourth-order valence-electron chi connectivity index (χ4n) is 1.58. The van der Waals surface area contributed by atoms with Crippen molar-refractivity contribution in [3.63, 3.8) is 0 Å². The van der Waals surface area contributed by atoms with Gasteiger partial charge in [-0.05, 0) is 31.3 Å². The molecule has 0 heterocycles. The Morgan fingerprint density at radius 2 is 1.75 bits per heavy atom. The normalized spacial score (nSPS) is 13.5. The topological polar surface area (TPSA) is 15.3 Å². The van der Waals surface area contributed by atoms with E-state index in [1.54, 1.807) is 0 Å². The van der Waals surface area contributed by atoms with Crippen molar-refractivity contribution in [1.29, 1.82) is 0 Å². The molecule has 0 rings (SSSR count). The fraction of sp³-hybridized carbons (Fsp3) is 1.00. The van der Waals surface area contributed by atoms with Gasteiger partial charge in [0.15, 0.2) is 0 Å². The van der Waals surface area contributed by atoms with Crippen molar-refractivity contribution in [3.8, 4) is 0 Å². The number of halogens is 3. The Hall–Kier alpha value is 0.0600. The largest absolute Gasteiger partial charge is 0.441 e. The van der Waals surface area contributed by atoms with Crippen LogP contribution in [-0.2, 0) is 0 Å². The van der Waals surface area contributed by atoms with Gasteiger partial charge in [-0.25, -0.2) is 0 Å². The smallest absolute Gasteiger partial charge is 0.315 e. The zero-order valence-corrected chi connectivity index (χ0v) is 11.1. The number of nitrogens with one attached hydrogen (secondary N) is 1. The number of rotatable bonds is 7. The number of hydrogen-bond acceptors (Lipinski definition) is 3. The molecule has 0 amide bonds.